The molecule has 0 aliphatic heterocycles. The lowest BCUT2D eigenvalue weighted by Gasteiger charge is -2.10. The second kappa shape index (κ2) is 14.8. The van der Waals surface area contributed by atoms with Crippen molar-refractivity contribution in [2.45, 2.75) is 64.2 Å². The first-order chi connectivity index (χ1) is 11.1. The minimum absolute atomic E-state index is 0.208. The Hall–Kier alpha value is -0.770. The first-order valence-electron chi connectivity index (χ1n) is 8.41. The van der Waals surface area contributed by atoms with Crippen molar-refractivity contribution in [2.24, 2.45) is 0 Å². The fourth-order valence-electron chi connectivity index (χ4n) is 2.21. The van der Waals surface area contributed by atoms with Crippen molar-refractivity contribution in [3.8, 4) is 0 Å². The molecule has 0 rings (SSSR count). The summed E-state index contributed by atoms with van der Waals surface area (Å²) in [6.07, 6.45) is 14.9. The largest absolute Gasteiger partial charge is 0.337 e. The zero-order valence-corrected chi connectivity index (χ0v) is 15.4. The second-order valence-corrected chi connectivity index (χ2v) is 7.84. The van der Waals surface area contributed by atoms with Crippen molar-refractivity contribution >= 4 is 19.7 Å². The Labute approximate surface area is 140 Å². The van der Waals surface area contributed by atoms with Gasteiger partial charge in [-0.2, -0.15) is 0 Å². The van der Waals surface area contributed by atoms with Crippen LogP contribution in [0.2, 0.25) is 0 Å². The highest BCUT2D eigenvalue weighted by atomic mass is 31.2. The van der Waals surface area contributed by atoms with Gasteiger partial charge in [0.1, 0.15) is 12.4 Å². The standard InChI is InChI=1S/C17H31O5P/c1-21-23(20,22-2)16-17(19)14-12-10-8-6-4-3-5-7-9-11-13-15-18/h12,14-15H,3-11,13,16H2,1-2H3/b14-12+. The predicted octanol–water partition coefficient (Wildman–Crippen LogP) is 4.70. The summed E-state index contributed by atoms with van der Waals surface area (Å²) < 4.78 is 21.2. The molecule has 0 bridgehead atoms. The molecule has 0 aromatic carbocycles. The Morgan fingerprint density at radius 1 is 0.870 bits per heavy atom. The third-order valence-electron chi connectivity index (χ3n) is 3.65. The Balaban J connectivity index is 3.52. The summed E-state index contributed by atoms with van der Waals surface area (Å²) in [7, 11) is -0.679. The molecule has 0 saturated carbocycles. The van der Waals surface area contributed by atoms with E-state index >= 15 is 0 Å². The Morgan fingerprint density at radius 2 is 1.35 bits per heavy atom. The molecule has 0 aromatic rings. The van der Waals surface area contributed by atoms with E-state index in [4.69, 9.17) is 9.05 Å². The lowest BCUT2D eigenvalue weighted by molar-refractivity contribution is -0.112. The summed E-state index contributed by atoms with van der Waals surface area (Å²) in [6.45, 7) is 0. The molecule has 6 heteroatoms. The number of ketones is 1. The second-order valence-electron chi connectivity index (χ2n) is 5.58. The van der Waals surface area contributed by atoms with Gasteiger partial charge < -0.3 is 13.8 Å². The van der Waals surface area contributed by atoms with Gasteiger partial charge in [-0.3, -0.25) is 9.36 Å². The van der Waals surface area contributed by atoms with E-state index < -0.39 is 7.60 Å². The number of allylic oxidation sites excluding steroid dienone is 2. The Bertz CT molecular complexity index is 384. The molecular weight excluding hydrogens is 315 g/mol. The number of carbonyl (C=O) groups is 2. The van der Waals surface area contributed by atoms with Gasteiger partial charge in [0.05, 0.1) is 0 Å². The number of aldehydes is 1. The molecule has 0 heterocycles. The summed E-state index contributed by atoms with van der Waals surface area (Å²) in [6, 6.07) is 0. The molecule has 0 spiro atoms. The van der Waals surface area contributed by atoms with Gasteiger partial charge in [0, 0.05) is 20.6 Å². The maximum absolute atomic E-state index is 11.8. The van der Waals surface area contributed by atoms with E-state index in [2.05, 4.69) is 0 Å². The van der Waals surface area contributed by atoms with Crippen molar-refractivity contribution in [2.75, 3.05) is 20.4 Å². The van der Waals surface area contributed by atoms with Gasteiger partial charge in [-0.05, 0) is 25.3 Å². The van der Waals surface area contributed by atoms with Gasteiger partial charge in [-0.25, -0.2) is 0 Å². The van der Waals surface area contributed by atoms with Crippen LogP contribution in [0.15, 0.2) is 12.2 Å². The van der Waals surface area contributed by atoms with Crippen molar-refractivity contribution in [1.29, 1.82) is 0 Å². The SMILES string of the molecule is COP(=O)(CC(=O)/C=C/CCCCCCCCCCC=O)OC. The highest BCUT2D eigenvalue weighted by molar-refractivity contribution is 7.54. The van der Waals surface area contributed by atoms with Gasteiger partial charge in [0.15, 0.2) is 5.78 Å². The fraction of sp³-hybridized carbons (Fsp3) is 0.765. The molecule has 0 aliphatic rings. The van der Waals surface area contributed by atoms with Gasteiger partial charge in [-0.1, -0.05) is 44.6 Å². The van der Waals surface area contributed by atoms with Gasteiger partial charge in [0.25, 0.3) is 0 Å². The van der Waals surface area contributed by atoms with Crippen molar-refractivity contribution in [3.63, 3.8) is 0 Å². The van der Waals surface area contributed by atoms with E-state index in [0.717, 1.165) is 38.4 Å². The Morgan fingerprint density at radius 3 is 1.83 bits per heavy atom. The number of hydrogen-bond donors (Lipinski definition) is 0. The third-order valence-corrected chi connectivity index (χ3v) is 5.46. The van der Waals surface area contributed by atoms with Gasteiger partial charge >= 0.3 is 7.60 Å². The summed E-state index contributed by atoms with van der Waals surface area (Å²) in [4.78, 5) is 21.8. The topological polar surface area (TPSA) is 69.7 Å². The monoisotopic (exact) mass is 346 g/mol. The lowest BCUT2D eigenvalue weighted by atomic mass is 10.1. The maximum Gasteiger partial charge on any atom is 0.337 e. The van der Waals surface area contributed by atoms with E-state index in [1.165, 1.54) is 46.0 Å². The molecule has 0 saturated heterocycles. The van der Waals surface area contributed by atoms with E-state index in [-0.39, 0.29) is 11.9 Å². The highest BCUT2D eigenvalue weighted by Gasteiger charge is 2.23. The summed E-state index contributed by atoms with van der Waals surface area (Å²) in [5.41, 5.74) is 0. The van der Waals surface area contributed by atoms with Crippen LogP contribution in [0.25, 0.3) is 0 Å². The minimum Gasteiger partial charge on any atom is -0.312 e. The van der Waals surface area contributed by atoms with Crippen LogP contribution in [0.3, 0.4) is 0 Å². The first kappa shape index (κ1) is 22.2. The summed E-state index contributed by atoms with van der Waals surface area (Å²) in [5.74, 6) is -0.229. The van der Waals surface area contributed by atoms with Crippen molar-refractivity contribution < 1.29 is 23.2 Å². The van der Waals surface area contributed by atoms with Crippen LogP contribution in [-0.2, 0) is 23.2 Å². The maximum atomic E-state index is 11.8. The van der Waals surface area contributed by atoms with E-state index in [9.17, 15) is 14.2 Å². The summed E-state index contributed by atoms with van der Waals surface area (Å²) >= 11 is 0. The third kappa shape index (κ3) is 13.4. The predicted molar refractivity (Wildman–Crippen MR) is 92.9 cm³/mol. The number of carbonyl (C=O) groups excluding carboxylic acids is 2. The fourth-order valence-corrected chi connectivity index (χ4v) is 3.11. The molecule has 5 nitrogen and oxygen atoms in total. The number of rotatable bonds is 16. The summed E-state index contributed by atoms with van der Waals surface area (Å²) in [5, 5.41) is 0. The molecule has 0 aromatic heterocycles. The first-order valence-corrected chi connectivity index (χ1v) is 10.1. The van der Waals surface area contributed by atoms with E-state index in [1.54, 1.807) is 0 Å². The minimum atomic E-state index is -3.24. The van der Waals surface area contributed by atoms with Crippen LogP contribution < -0.4 is 0 Å². The molecule has 0 N–H and O–H groups in total. The van der Waals surface area contributed by atoms with Crippen LogP contribution in [0.4, 0.5) is 0 Å². The molecule has 23 heavy (non-hydrogen) atoms. The number of unbranched alkanes of at least 4 members (excludes halogenated alkanes) is 9. The normalized spacial score (nSPS) is 11.9. The number of hydrogen-bond acceptors (Lipinski definition) is 5. The van der Waals surface area contributed by atoms with Crippen LogP contribution in [-0.4, -0.2) is 32.5 Å². The Kier molecular flexibility index (Phi) is 14.3. The van der Waals surface area contributed by atoms with Crippen molar-refractivity contribution in [3.05, 3.63) is 12.2 Å². The van der Waals surface area contributed by atoms with Gasteiger partial charge in [0.2, 0.25) is 0 Å². The van der Waals surface area contributed by atoms with Crippen LogP contribution in [0.5, 0.6) is 0 Å². The smallest absolute Gasteiger partial charge is 0.312 e. The zero-order chi connectivity index (χ0) is 17.4. The molecular formula is C17H31O5P. The van der Waals surface area contributed by atoms with Crippen LogP contribution in [0, 0.1) is 0 Å². The van der Waals surface area contributed by atoms with Crippen LogP contribution in [0.1, 0.15) is 64.2 Å². The molecule has 134 valence electrons. The molecule has 0 amide bonds. The van der Waals surface area contributed by atoms with Crippen molar-refractivity contribution in [1.82, 2.24) is 0 Å². The average Bonchev–Trinajstić information content (AvgIpc) is 2.55. The van der Waals surface area contributed by atoms with Gasteiger partial charge in [-0.15, -0.1) is 0 Å². The lowest BCUT2D eigenvalue weighted by Crippen LogP contribution is -2.04. The average molecular weight is 346 g/mol. The molecule has 0 aliphatic carbocycles. The zero-order valence-electron chi connectivity index (χ0n) is 14.5. The quantitative estimate of drug-likeness (QED) is 0.175. The molecule has 0 atom stereocenters. The van der Waals surface area contributed by atoms with E-state index in [1.807, 2.05) is 6.08 Å². The molecule has 0 fully saturated rings. The van der Waals surface area contributed by atoms with Crippen LogP contribution >= 0.6 is 7.60 Å². The molecule has 0 radical (unpaired) electrons. The van der Waals surface area contributed by atoms with E-state index in [0.29, 0.717) is 6.42 Å². The molecule has 0 unspecified atom stereocenters. The highest BCUT2D eigenvalue weighted by Crippen LogP contribution is 2.45.